The second-order valence-electron chi connectivity index (χ2n) is 7.10. The zero-order chi connectivity index (χ0) is 20.7. The SMILES string of the molecule is Cc1nn(-c2ccccc2)c2nc(-c3ccc(F)cc3)cc(-c3ccc(Cl)cc3)c12. The van der Waals surface area contributed by atoms with Crippen molar-refractivity contribution in [1.82, 2.24) is 14.8 Å². The van der Waals surface area contributed by atoms with Crippen molar-refractivity contribution >= 4 is 22.6 Å². The number of hydrogen-bond donors (Lipinski definition) is 0. The van der Waals surface area contributed by atoms with Gasteiger partial charge < -0.3 is 0 Å². The number of hydrogen-bond acceptors (Lipinski definition) is 2. The maximum Gasteiger partial charge on any atom is 0.164 e. The van der Waals surface area contributed by atoms with Gasteiger partial charge in [-0.05, 0) is 72.6 Å². The number of benzene rings is 3. The molecule has 30 heavy (non-hydrogen) atoms. The van der Waals surface area contributed by atoms with Gasteiger partial charge in [-0.25, -0.2) is 14.1 Å². The highest BCUT2D eigenvalue weighted by atomic mass is 35.5. The van der Waals surface area contributed by atoms with Crippen LogP contribution in [0.2, 0.25) is 5.02 Å². The smallest absolute Gasteiger partial charge is 0.164 e. The van der Waals surface area contributed by atoms with Crippen LogP contribution in [0.1, 0.15) is 5.69 Å². The van der Waals surface area contributed by atoms with Crippen LogP contribution in [0.15, 0.2) is 84.9 Å². The van der Waals surface area contributed by atoms with E-state index >= 15 is 0 Å². The molecule has 0 fully saturated rings. The Morgan fingerprint density at radius 2 is 1.50 bits per heavy atom. The molecule has 0 atom stereocenters. The highest BCUT2D eigenvalue weighted by Crippen LogP contribution is 2.35. The molecule has 0 saturated heterocycles. The second-order valence-corrected chi connectivity index (χ2v) is 7.54. The van der Waals surface area contributed by atoms with Crippen LogP contribution in [-0.4, -0.2) is 14.8 Å². The van der Waals surface area contributed by atoms with E-state index < -0.39 is 0 Å². The third-order valence-corrected chi connectivity index (χ3v) is 5.36. The highest BCUT2D eigenvalue weighted by Gasteiger charge is 2.18. The van der Waals surface area contributed by atoms with Crippen LogP contribution in [0, 0.1) is 12.7 Å². The van der Waals surface area contributed by atoms with Crippen LogP contribution in [0.4, 0.5) is 4.39 Å². The van der Waals surface area contributed by atoms with Crippen LogP contribution < -0.4 is 0 Å². The molecule has 0 aliphatic rings. The van der Waals surface area contributed by atoms with Gasteiger partial charge in [-0.2, -0.15) is 5.10 Å². The van der Waals surface area contributed by atoms with Crippen molar-refractivity contribution in [3.63, 3.8) is 0 Å². The predicted molar refractivity (Wildman–Crippen MR) is 119 cm³/mol. The van der Waals surface area contributed by atoms with Gasteiger partial charge in [-0.15, -0.1) is 0 Å². The van der Waals surface area contributed by atoms with E-state index in [0.29, 0.717) is 5.02 Å². The summed E-state index contributed by atoms with van der Waals surface area (Å²) in [6.45, 7) is 1.99. The fraction of sp³-hybridized carbons (Fsp3) is 0.0400. The van der Waals surface area contributed by atoms with Crippen molar-refractivity contribution in [2.45, 2.75) is 6.92 Å². The summed E-state index contributed by atoms with van der Waals surface area (Å²) in [7, 11) is 0. The van der Waals surface area contributed by atoms with Crippen LogP contribution in [0.25, 0.3) is 39.1 Å². The Bertz CT molecular complexity index is 1340. The average Bonchev–Trinajstić information content (AvgIpc) is 3.11. The van der Waals surface area contributed by atoms with E-state index in [2.05, 4.69) is 0 Å². The van der Waals surface area contributed by atoms with E-state index in [4.69, 9.17) is 21.7 Å². The van der Waals surface area contributed by atoms with Crippen LogP contribution in [-0.2, 0) is 0 Å². The van der Waals surface area contributed by atoms with Crippen molar-refractivity contribution in [2.75, 3.05) is 0 Å². The van der Waals surface area contributed by atoms with E-state index in [-0.39, 0.29) is 5.82 Å². The number of para-hydroxylation sites is 1. The summed E-state index contributed by atoms with van der Waals surface area (Å²) < 4.78 is 15.3. The van der Waals surface area contributed by atoms with E-state index in [1.54, 1.807) is 12.1 Å². The molecule has 0 radical (unpaired) electrons. The lowest BCUT2D eigenvalue weighted by Gasteiger charge is -2.10. The highest BCUT2D eigenvalue weighted by molar-refractivity contribution is 6.30. The van der Waals surface area contributed by atoms with Gasteiger partial charge in [0.2, 0.25) is 0 Å². The minimum atomic E-state index is -0.275. The Morgan fingerprint density at radius 3 is 2.20 bits per heavy atom. The number of aromatic nitrogens is 3. The van der Waals surface area contributed by atoms with Crippen LogP contribution in [0.3, 0.4) is 0 Å². The third-order valence-electron chi connectivity index (χ3n) is 5.11. The molecule has 146 valence electrons. The number of aryl methyl sites for hydroxylation is 1. The Morgan fingerprint density at radius 1 is 0.833 bits per heavy atom. The van der Waals surface area contributed by atoms with Gasteiger partial charge in [0.1, 0.15) is 5.82 Å². The molecule has 2 heterocycles. The van der Waals surface area contributed by atoms with Gasteiger partial charge in [0.05, 0.1) is 22.5 Å². The minimum absolute atomic E-state index is 0.275. The molecule has 0 bridgehead atoms. The van der Waals surface area contributed by atoms with Crippen molar-refractivity contribution < 1.29 is 4.39 Å². The summed E-state index contributed by atoms with van der Waals surface area (Å²) in [5.41, 5.74) is 6.20. The molecule has 3 nitrogen and oxygen atoms in total. The number of halogens is 2. The molecule has 5 rings (SSSR count). The normalized spacial score (nSPS) is 11.2. The van der Waals surface area contributed by atoms with Crippen molar-refractivity contribution in [3.8, 4) is 28.1 Å². The molecule has 3 aromatic carbocycles. The van der Waals surface area contributed by atoms with Gasteiger partial charge in [0.15, 0.2) is 5.65 Å². The second kappa shape index (κ2) is 7.39. The van der Waals surface area contributed by atoms with Gasteiger partial charge in [0, 0.05) is 10.6 Å². The maximum atomic E-state index is 13.5. The fourth-order valence-corrected chi connectivity index (χ4v) is 3.79. The quantitative estimate of drug-likeness (QED) is 0.323. The number of fused-ring (bicyclic) bond motifs is 1. The molecule has 5 aromatic rings. The summed E-state index contributed by atoms with van der Waals surface area (Å²) >= 11 is 6.11. The van der Waals surface area contributed by atoms with Gasteiger partial charge in [-0.1, -0.05) is 41.9 Å². The lowest BCUT2D eigenvalue weighted by Crippen LogP contribution is -1.98. The van der Waals surface area contributed by atoms with Crippen molar-refractivity contribution in [3.05, 3.63) is 101 Å². The first-order valence-corrected chi connectivity index (χ1v) is 9.95. The molecule has 0 aliphatic heterocycles. The molecule has 0 aliphatic carbocycles. The lowest BCUT2D eigenvalue weighted by atomic mass is 9.99. The molecule has 0 N–H and O–H groups in total. The topological polar surface area (TPSA) is 30.7 Å². The Balaban J connectivity index is 1.83. The van der Waals surface area contributed by atoms with Gasteiger partial charge in [-0.3, -0.25) is 0 Å². The maximum absolute atomic E-state index is 13.5. The zero-order valence-corrected chi connectivity index (χ0v) is 16.9. The number of rotatable bonds is 3. The third kappa shape index (κ3) is 3.25. The first kappa shape index (κ1) is 18.5. The van der Waals surface area contributed by atoms with Gasteiger partial charge in [0.25, 0.3) is 0 Å². The predicted octanol–water partition coefficient (Wildman–Crippen LogP) is 6.86. The molecule has 0 spiro atoms. The van der Waals surface area contributed by atoms with E-state index in [1.165, 1.54) is 12.1 Å². The van der Waals surface area contributed by atoms with Crippen molar-refractivity contribution in [1.29, 1.82) is 0 Å². The Kier molecular flexibility index (Phi) is 4.57. The monoisotopic (exact) mass is 413 g/mol. The van der Waals surface area contributed by atoms with E-state index in [9.17, 15) is 4.39 Å². The van der Waals surface area contributed by atoms with Crippen LogP contribution in [0.5, 0.6) is 0 Å². The average molecular weight is 414 g/mol. The first-order valence-electron chi connectivity index (χ1n) is 9.58. The molecule has 2 aromatic heterocycles. The Labute approximate surface area is 178 Å². The summed E-state index contributed by atoms with van der Waals surface area (Å²) in [5, 5.41) is 6.44. The molecule has 5 heteroatoms. The van der Waals surface area contributed by atoms with Crippen molar-refractivity contribution in [2.24, 2.45) is 0 Å². The Hall–Kier alpha value is -3.50. The fourth-order valence-electron chi connectivity index (χ4n) is 3.66. The molecule has 0 saturated carbocycles. The largest absolute Gasteiger partial charge is 0.228 e. The molecule has 0 unspecified atom stereocenters. The first-order chi connectivity index (χ1) is 14.6. The lowest BCUT2D eigenvalue weighted by molar-refractivity contribution is 0.628. The van der Waals surface area contributed by atoms with Gasteiger partial charge >= 0.3 is 0 Å². The molecule has 0 amide bonds. The zero-order valence-electron chi connectivity index (χ0n) is 16.2. The molecular weight excluding hydrogens is 397 g/mol. The number of pyridine rings is 1. The van der Waals surface area contributed by atoms with E-state index in [1.807, 2.05) is 72.3 Å². The van der Waals surface area contributed by atoms with E-state index in [0.717, 1.165) is 44.8 Å². The molecular formula is C25H17ClFN3. The van der Waals surface area contributed by atoms with Crippen LogP contribution >= 0.6 is 11.6 Å². The summed E-state index contributed by atoms with van der Waals surface area (Å²) in [4.78, 5) is 4.93. The summed E-state index contributed by atoms with van der Waals surface area (Å²) in [5.74, 6) is -0.275. The number of nitrogens with zero attached hydrogens (tertiary/aromatic N) is 3. The summed E-state index contributed by atoms with van der Waals surface area (Å²) in [6, 6.07) is 26.1. The summed E-state index contributed by atoms with van der Waals surface area (Å²) in [6.07, 6.45) is 0. The standard InChI is InChI=1S/C25H17ClFN3/c1-16-24-22(17-7-11-19(26)12-8-17)15-23(18-9-13-20(27)14-10-18)28-25(24)30(29-16)21-5-3-2-4-6-21/h2-15H,1H3. The minimum Gasteiger partial charge on any atom is -0.228 e.